The van der Waals surface area contributed by atoms with Crippen LogP contribution in [0, 0.1) is 5.92 Å². The highest BCUT2D eigenvalue weighted by molar-refractivity contribution is 5.86. The fourth-order valence-electron chi connectivity index (χ4n) is 3.47. The van der Waals surface area contributed by atoms with Gasteiger partial charge in [0.15, 0.2) is 0 Å². The summed E-state index contributed by atoms with van der Waals surface area (Å²) < 4.78 is 5.06. The summed E-state index contributed by atoms with van der Waals surface area (Å²) >= 11 is 0. The van der Waals surface area contributed by atoms with Crippen molar-refractivity contribution in [3.63, 3.8) is 0 Å². The third-order valence-electron chi connectivity index (χ3n) is 4.88. The molecule has 2 rings (SSSR count). The van der Waals surface area contributed by atoms with Gasteiger partial charge in [0.2, 0.25) is 5.91 Å². The molecule has 5 nitrogen and oxygen atoms in total. The van der Waals surface area contributed by atoms with Crippen molar-refractivity contribution in [2.24, 2.45) is 11.7 Å². The Morgan fingerprint density at radius 1 is 1.14 bits per heavy atom. The number of carbonyl (C=O) groups excluding carboxylic acids is 2. The normalized spacial score (nSPS) is 27.4. The number of nitrogens with two attached hydrogens (primary N) is 1. The van der Waals surface area contributed by atoms with Crippen molar-refractivity contribution >= 4 is 24.3 Å². The first-order chi connectivity index (χ1) is 10.0. The van der Waals surface area contributed by atoms with Gasteiger partial charge in [-0.2, -0.15) is 0 Å². The molecule has 0 aromatic carbocycles. The lowest BCUT2D eigenvalue weighted by Gasteiger charge is -2.35. The van der Waals surface area contributed by atoms with Gasteiger partial charge in [-0.05, 0) is 45.4 Å². The second kappa shape index (κ2) is 8.73. The van der Waals surface area contributed by atoms with Crippen LogP contribution in [0.4, 0.5) is 0 Å². The molecule has 128 valence electrons. The van der Waals surface area contributed by atoms with E-state index in [1.807, 2.05) is 6.92 Å². The average molecular weight is 333 g/mol. The lowest BCUT2D eigenvalue weighted by molar-refractivity contribution is -0.149. The van der Waals surface area contributed by atoms with E-state index in [9.17, 15) is 9.59 Å². The number of hydrogen-bond acceptors (Lipinski definition) is 4. The summed E-state index contributed by atoms with van der Waals surface area (Å²) in [6.07, 6.45) is 8.10. The monoisotopic (exact) mass is 332 g/mol. The Labute approximate surface area is 139 Å². The van der Waals surface area contributed by atoms with Crippen molar-refractivity contribution in [3.05, 3.63) is 0 Å². The molecule has 1 amide bonds. The third kappa shape index (κ3) is 4.85. The Morgan fingerprint density at radius 2 is 1.73 bits per heavy atom. The van der Waals surface area contributed by atoms with Gasteiger partial charge in [-0.3, -0.25) is 9.59 Å². The molecule has 0 aliphatic heterocycles. The van der Waals surface area contributed by atoms with Gasteiger partial charge in [0.1, 0.15) is 0 Å². The molecule has 0 aromatic rings. The summed E-state index contributed by atoms with van der Waals surface area (Å²) in [5, 5.41) is 3.10. The van der Waals surface area contributed by atoms with Crippen LogP contribution in [-0.4, -0.2) is 30.1 Å². The summed E-state index contributed by atoms with van der Waals surface area (Å²) in [5.74, 6) is -0.0914. The van der Waals surface area contributed by atoms with Gasteiger partial charge in [0.25, 0.3) is 0 Å². The molecule has 2 fully saturated rings. The van der Waals surface area contributed by atoms with Crippen molar-refractivity contribution < 1.29 is 14.3 Å². The van der Waals surface area contributed by atoms with Crippen LogP contribution in [0.2, 0.25) is 0 Å². The number of amides is 1. The van der Waals surface area contributed by atoms with Gasteiger partial charge in [-0.1, -0.05) is 19.3 Å². The molecule has 0 unspecified atom stereocenters. The smallest absolute Gasteiger partial charge is 0.308 e. The van der Waals surface area contributed by atoms with Crippen molar-refractivity contribution in [1.29, 1.82) is 0 Å². The number of halogens is 1. The zero-order valence-electron chi connectivity index (χ0n) is 13.4. The van der Waals surface area contributed by atoms with Crippen LogP contribution in [0.1, 0.15) is 64.7 Å². The Kier molecular flexibility index (Phi) is 7.63. The van der Waals surface area contributed by atoms with Gasteiger partial charge in [-0.25, -0.2) is 0 Å². The first-order valence-corrected chi connectivity index (χ1v) is 8.31. The summed E-state index contributed by atoms with van der Waals surface area (Å²) in [4.78, 5) is 24.1. The zero-order valence-corrected chi connectivity index (χ0v) is 14.3. The number of ether oxygens (including phenoxy) is 1. The number of nitrogens with one attached hydrogen (secondary N) is 1. The minimum absolute atomic E-state index is 0. The van der Waals surface area contributed by atoms with Crippen LogP contribution < -0.4 is 11.1 Å². The van der Waals surface area contributed by atoms with Crippen LogP contribution >= 0.6 is 12.4 Å². The van der Waals surface area contributed by atoms with Crippen molar-refractivity contribution in [1.82, 2.24) is 5.32 Å². The maximum Gasteiger partial charge on any atom is 0.308 e. The van der Waals surface area contributed by atoms with E-state index in [1.54, 1.807) is 0 Å². The van der Waals surface area contributed by atoms with Gasteiger partial charge < -0.3 is 15.8 Å². The molecule has 2 aliphatic rings. The fraction of sp³-hybridized carbons (Fsp3) is 0.875. The van der Waals surface area contributed by atoms with Gasteiger partial charge in [-0.15, -0.1) is 12.4 Å². The Balaban J connectivity index is 0.00000242. The highest BCUT2D eigenvalue weighted by Crippen LogP contribution is 2.28. The van der Waals surface area contributed by atoms with E-state index in [-0.39, 0.29) is 36.2 Å². The van der Waals surface area contributed by atoms with Crippen LogP contribution in [0.3, 0.4) is 0 Å². The van der Waals surface area contributed by atoms with Gasteiger partial charge in [0, 0.05) is 6.04 Å². The molecule has 0 aromatic heterocycles. The van der Waals surface area contributed by atoms with E-state index in [2.05, 4.69) is 5.32 Å². The maximum absolute atomic E-state index is 12.4. The van der Waals surface area contributed by atoms with E-state index < -0.39 is 5.54 Å². The number of rotatable bonds is 4. The van der Waals surface area contributed by atoms with E-state index >= 15 is 0 Å². The van der Waals surface area contributed by atoms with Crippen molar-refractivity contribution in [2.45, 2.75) is 76.3 Å². The summed E-state index contributed by atoms with van der Waals surface area (Å²) in [7, 11) is 0. The highest BCUT2D eigenvalue weighted by atomic mass is 35.5. The molecule has 6 heteroatoms. The molecule has 2 aliphatic carbocycles. The minimum atomic E-state index is -0.670. The minimum Gasteiger partial charge on any atom is -0.466 e. The largest absolute Gasteiger partial charge is 0.466 e. The maximum atomic E-state index is 12.4. The van der Waals surface area contributed by atoms with Crippen molar-refractivity contribution in [2.75, 3.05) is 6.61 Å². The second-order valence-corrected chi connectivity index (χ2v) is 6.49. The van der Waals surface area contributed by atoms with E-state index in [4.69, 9.17) is 10.5 Å². The fourth-order valence-corrected chi connectivity index (χ4v) is 3.47. The van der Waals surface area contributed by atoms with Crippen LogP contribution in [0.15, 0.2) is 0 Å². The standard InChI is InChI=1S/C16H28N2O3.ClH/c1-2-21-14(19)12-6-8-13(9-7-12)18-15(20)16(17)10-4-3-5-11-16;/h12-13H,2-11,17H2,1H3,(H,18,20);1H. The molecule has 0 radical (unpaired) electrons. The van der Waals surface area contributed by atoms with Crippen LogP contribution in [-0.2, 0) is 14.3 Å². The van der Waals surface area contributed by atoms with Crippen molar-refractivity contribution in [3.8, 4) is 0 Å². The summed E-state index contributed by atoms with van der Waals surface area (Å²) in [6.45, 7) is 2.26. The van der Waals surface area contributed by atoms with Gasteiger partial charge in [0.05, 0.1) is 18.1 Å². The molecular weight excluding hydrogens is 304 g/mol. The molecule has 0 heterocycles. The molecule has 0 bridgehead atoms. The second-order valence-electron chi connectivity index (χ2n) is 6.49. The highest BCUT2D eigenvalue weighted by Gasteiger charge is 2.37. The number of esters is 1. The Hall–Kier alpha value is -0.810. The number of carbonyl (C=O) groups is 2. The van der Waals surface area contributed by atoms with Crippen LogP contribution in [0.5, 0.6) is 0 Å². The molecule has 2 saturated carbocycles. The van der Waals surface area contributed by atoms with Gasteiger partial charge >= 0.3 is 5.97 Å². The quantitative estimate of drug-likeness (QED) is 0.774. The van der Waals surface area contributed by atoms with E-state index in [0.717, 1.165) is 51.4 Å². The Bertz CT molecular complexity index is 376. The Morgan fingerprint density at radius 3 is 2.27 bits per heavy atom. The zero-order chi connectivity index (χ0) is 15.3. The predicted molar refractivity (Wildman–Crippen MR) is 87.8 cm³/mol. The summed E-state index contributed by atoms with van der Waals surface area (Å²) in [5.41, 5.74) is 5.58. The summed E-state index contributed by atoms with van der Waals surface area (Å²) in [6, 6.07) is 0.158. The molecular formula is C16H29ClN2O3. The SMILES string of the molecule is CCOC(=O)C1CCC(NC(=O)C2(N)CCCCC2)CC1.Cl. The average Bonchev–Trinajstić information content (AvgIpc) is 2.49. The predicted octanol–water partition coefficient (Wildman–Crippen LogP) is 2.31. The lowest BCUT2D eigenvalue weighted by Crippen LogP contribution is -2.57. The first-order valence-electron chi connectivity index (χ1n) is 8.31. The topological polar surface area (TPSA) is 81.4 Å². The first kappa shape index (κ1) is 19.2. The molecule has 0 saturated heterocycles. The lowest BCUT2D eigenvalue weighted by atomic mass is 9.81. The van der Waals surface area contributed by atoms with E-state index in [0.29, 0.717) is 6.61 Å². The molecule has 0 spiro atoms. The third-order valence-corrected chi connectivity index (χ3v) is 4.88. The molecule has 3 N–H and O–H groups in total. The number of hydrogen-bond donors (Lipinski definition) is 2. The van der Waals surface area contributed by atoms with E-state index in [1.165, 1.54) is 6.42 Å². The molecule has 22 heavy (non-hydrogen) atoms. The van der Waals surface area contributed by atoms with Crippen LogP contribution in [0.25, 0.3) is 0 Å². The molecule has 0 atom stereocenters.